The largest absolute Gasteiger partial charge is 0.616 e. The molecule has 2 unspecified atom stereocenters. The van der Waals surface area contributed by atoms with Crippen molar-refractivity contribution in [3.8, 4) is 0 Å². The fourth-order valence-electron chi connectivity index (χ4n) is 4.89. The summed E-state index contributed by atoms with van der Waals surface area (Å²) in [4.78, 5) is 25.0. The molecule has 1 amide bonds. The SMILES string of the molecule is C[S+]([O-])C(c1ccccc1)c1nnc(NC(=O)c2ccc([C@H]3CC[C@H](CC(=O)OC(C)(C)C)CC3)cc2)s1. The lowest BCUT2D eigenvalue weighted by atomic mass is 9.77. The van der Waals surface area contributed by atoms with E-state index in [-0.39, 0.29) is 11.9 Å². The van der Waals surface area contributed by atoms with Crippen molar-refractivity contribution >= 4 is 39.5 Å². The number of hydrogen-bond donors (Lipinski definition) is 1. The summed E-state index contributed by atoms with van der Waals surface area (Å²) in [7, 11) is 0. The molecular weight excluding hydrogens is 518 g/mol. The molecule has 0 radical (unpaired) electrons. The number of rotatable bonds is 8. The summed E-state index contributed by atoms with van der Waals surface area (Å²) in [5.41, 5.74) is 2.22. The molecule has 1 fully saturated rings. The Kier molecular flexibility index (Phi) is 9.23. The van der Waals surface area contributed by atoms with Gasteiger partial charge in [0.2, 0.25) is 5.13 Å². The van der Waals surface area contributed by atoms with E-state index in [1.165, 1.54) is 16.9 Å². The minimum absolute atomic E-state index is 0.114. The Morgan fingerprint density at radius 3 is 2.32 bits per heavy atom. The van der Waals surface area contributed by atoms with Gasteiger partial charge in [0, 0.05) is 17.5 Å². The number of carbonyl (C=O) groups excluding carboxylic acids is 2. The highest BCUT2D eigenvalue weighted by atomic mass is 32.2. The van der Waals surface area contributed by atoms with E-state index < -0.39 is 22.0 Å². The quantitative estimate of drug-likeness (QED) is 0.261. The van der Waals surface area contributed by atoms with Crippen molar-refractivity contribution in [3.63, 3.8) is 0 Å². The standard InChI is InChI=1S/C29H35N3O4S2/c1-29(2,3)36-24(33)18-19-10-12-20(13-11-19)21-14-16-23(17-15-21)26(34)30-28-32-31-27(37-28)25(38(4)35)22-8-6-5-7-9-22/h5-9,14-17,19-20,25H,10-13,18H2,1-4H3,(H,30,32,34)/t19-,20-,25?,38?. The molecular formula is C29H35N3O4S2. The van der Waals surface area contributed by atoms with Crippen LogP contribution in [-0.4, -0.2) is 38.5 Å². The van der Waals surface area contributed by atoms with E-state index in [9.17, 15) is 14.1 Å². The van der Waals surface area contributed by atoms with E-state index in [2.05, 4.69) is 15.5 Å². The maximum absolute atomic E-state index is 12.9. The number of hydrogen-bond acceptors (Lipinski definition) is 7. The van der Waals surface area contributed by atoms with Crippen LogP contribution in [0.15, 0.2) is 54.6 Å². The molecule has 0 aliphatic heterocycles. The first-order valence-corrected chi connectivity index (χ1v) is 15.4. The first kappa shape index (κ1) is 28.3. The van der Waals surface area contributed by atoms with Crippen LogP contribution >= 0.6 is 11.3 Å². The third-order valence-electron chi connectivity index (χ3n) is 6.69. The number of nitrogens with zero attached hydrogens (tertiary/aromatic N) is 2. The zero-order valence-corrected chi connectivity index (χ0v) is 23.9. The van der Waals surface area contributed by atoms with Crippen molar-refractivity contribution in [1.29, 1.82) is 0 Å². The highest BCUT2D eigenvalue weighted by Gasteiger charge is 2.29. The predicted octanol–water partition coefficient (Wildman–Crippen LogP) is 6.26. The molecule has 1 heterocycles. The van der Waals surface area contributed by atoms with Crippen molar-refractivity contribution in [3.05, 3.63) is 76.3 Å². The lowest BCUT2D eigenvalue weighted by Gasteiger charge is -2.29. The number of amides is 1. The Hall–Kier alpha value is -2.75. The monoisotopic (exact) mass is 553 g/mol. The molecule has 0 saturated heterocycles. The van der Waals surface area contributed by atoms with Gasteiger partial charge in [-0.3, -0.25) is 14.9 Å². The first-order valence-electron chi connectivity index (χ1n) is 12.9. The molecule has 2 aromatic carbocycles. The summed E-state index contributed by atoms with van der Waals surface area (Å²) in [5.74, 6) is 0.429. The Bertz CT molecular complexity index is 1210. The number of nitrogens with one attached hydrogen (secondary N) is 1. The molecule has 7 nitrogen and oxygen atoms in total. The van der Waals surface area contributed by atoms with Crippen LogP contribution in [0.2, 0.25) is 0 Å². The zero-order chi connectivity index (χ0) is 27.3. The molecule has 38 heavy (non-hydrogen) atoms. The van der Waals surface area contributed by atoms with E-state index in [4.69, 9.17) is 4.74 Å². The smallest absolute Gasteiger partial charge is 0.306 e. The van der Waals surface area contributed by atoms with E-state index in [1.54, 1.807) is 6.26 Å². The predicted molar refractivity (Wildman–Crippen MR) is 152 cm³/mol. The molecule has 1 saturated carbocycles. The van der Waals surface area contributed by atoms with Gasteiger partial charge in [0.25, 0.3) is 5.91 Å². The Balaban J connectivity index is 1.31. The maximum atomic E-state index is 12.9. The van der Waals surface area contributed by atoms with Crippen molar-refractivity contribution in [2.75, 3.05) is 11.6 Å². The fraction of sp³-hybridized carbons (Fsp3) is 0.448. The molecule has 202 valence electrons. The molecule has 1 aliphatic carbocycles. The first-order chi connectivity index (χ1) is 18.1. The number of ether oxygens (including phenoxy) is 1. The number of benzene rings is 2. The maximum Gasteiger partial charge on any atom is 0.306 e. The summed E-state index contributed by atoms with van der Waals surface area (Å²) in [6.45, 7) is 5.69. The highest BCUT2D eigenvalue weighted by Crippen LogP contribution is 2.38. The molecule has 1 N–H and O–H groups in total. The van der Waals surface area contributed by atoms with Gasteiger partial charge < -0.3 is 9.29 Å². The molecule has 3 aromatic rings. The number of esters is 1. The van der Waals surface area contributed by atoms with Gasteiger partial charge in [-0.2, -0.15) is 0 Å². The molecule has 1 aliphatic rings. The molecule has 0 spiro atoms. The Morgan fingerprint density at radius 1 is 1.05 bits per heavy atom. The van der Waals surface area contributed by atoms with Crippen LogP contribution in [0.3, 0.4) is 0 Å². The molecule has 9 heteroatoms. The van der Waals surface area contributed by atoms with Gasteiger partial charge in [0.05, 0.1) is 6.26 Å². The van der Waals surface area contributed by atoms with Gasteiger partial charge in [-0.05, 0) is 87.2 Å². The van der Waals surface area contributed by atoms with Crippen LogP contribution in [0, 0.1) is 5.92 Å². The number of anilines is 1. The number of carbonyl (C=O) groups is 2. The Labute approximate surface area is 231 Å². The van der Waals surface area contributed by atoms with Gasteiger partial charge in [-0.25, -0.2) is 0 Å². The van der Waals surface area contributed by atoms with Gasteiger partial charge >= 0.3 is 5.97 Å². The van der Waals surface area contributed by atoms with Crippen LogP contribution < -0.4 is 5.32 Å². The average Bonchev–Trinajstić information content (AvgIpc) is 3.31. The van der Waals surface area contributed by atoms with E-state index in [1.807, 2.05) is 75.4 Å². The summed E-state index contributed by atoms with van der Waals surface area (Å²) >= 11 is 0.0565. The number of aromatic nitrogens is 2. The third kappa shape index (κ3) is 7.65. The van der Waals surface area contributed by atoms with Gasteiger partial charge in [0.1, 0.15) is 5.60 Å². The second kappa shape index (κ2) is 12.4. The second-order valence-corrected chi connectivity index (χ2v) is 13.3. The topological polar surface area (TPSA) is 104 Å². The highest BCUT2D eigenvalue weighted by molar-refractivity contribution is 7.91. The van der Waals surface area contributed by atoms with Gasteiger partial charge in [-0.1, -0.05) is 53.8 Å². The zero-order valence-electron chi connectivity index (χ0n) is 22.3. The van der Waals surface area contributed by atoms with Crippen LogP contribution in [0.5, 0.6) is 0 Å². The van der Waals surface area contributed by atoms with Crippen LogP contribution in [-0.2, 0) is 20.7 Å². The van der Waals surface area contributed by atoms with Crippen LogP contribution in [0.4, 0.5) is 5.13 Å². The molecule has 2 atom stereocenters. The Morgan fingerprint density at radius 2 is 1.71 bits per heavy atom. The summed E-state index contributed by atoms with van der Waals surface area (Å²) in [6.07, 6.45) is 6.17. The van der Waals surface area contributed by atoms with E-state index >= 15 is 0 Å². The summed E-state index contributed by atoms with van der Waals surface area (Å²) < 4.78 is 17.9. The van der Waals surface area contributed by atoms with Crippen molar-refractivity contribution in [2.24, 2.45) is 5.92 Å². The molecule has 0 bridgehead atoms. The van der Waals surface area contributed by atoms with Crippen LogP contribution in [0.25, 0.3) is 0 Å². The van der Waals surface area contributed by atoms with Crippen molar-refractivity contribution in [2.45, 2.75) is 69.6 Å². The van der Waals surface area contributed by atoms with E-state index in [0.29, 0.717) is 34.0 Å². The normalized spacial score (nSPS) is 19.4. The van der Waals surface area contributed by atoms with Gasteiger partial charge in [0.15, 0.2) is 10.3 Å². The van der Waals surface area contributed by atoms with Crippen molar-refractivity contribution < 1.29 is 18.9 Å². The summed E-state index contributed by atoms with van der Waals surface area (Å²) in [5, 5.41) is 11.7. The lowest BCUT2D eigenvalue weighted by Crippen LogP contribution is -2.26. The van der Waals surface area contributed by atoms with Gasteiger partial charge in [-0.15, -0.1) is 10.2 Å². The molecule has 4 rings (SSSR count). The van der Waals surface area contributed by atoms with E-state index in [0.717, 1.165) is 31.2 Å². The lowest BCUT2D eigenvalue weighted by molar-refractivity contribution is -0.156. The third-order valence-corrected chi connectivity index (χ3v) is 8.90. The van der Waals surface area contributed by atoms with Crippen molar-refractivity contribution in [1.82, 2.24) is 10.2 Å². The average molecular weight is 554 g/mol. The van der Waals surface area contributed by atoms with Crippen LogP contribution in [0.1, 0.15) is 90.5 Å². The fourth-order valence-corrected chi connectivity index (χ4v) is 7.06. The minimum Gasteiger partial charge on any atom is -0.616 e. The molecule has 1 aromatic heterocycles. The summed E-state index contributed by atoms with van der Waals surface area (Å²) in [6, 6.07) is 17.3. The second-order valence-electron chi connectivity index (χ2n) is 10.8. The minimum atomic E-state index is -1.18.